The minimum Gasteiger partial charge on any atom is -0.310 e. The van der Waals surface area contributed by atoms with Crippen molar-refractivity contribution in [3.05, 3.63) is 95.2 Å². The molecule has 1 aromatic heterocycles. The van der Waals surface area contributed by atoms with Crippen molar-refractivity contribution in [3.8, 4) is 6.07 Å². The Morgan fingerprint density at radius 1 is 0.867 bits per heavy atom. The first-order chi connectivity index (χ1) is 14.6. The van der Waals surface area contributed by atoms with E-state index >= 15 is 0 Å². The second kappa shape index (κ2) is 7.29. The molecule has 1 aliphatic rings. The first kappa shape index (κ1) is 18.4. The number of nitrogens with zero attached hydrogens (tertiary/aromatic N) is 3. The number of anilines is 3. The highest BCUT2D eigenvalue weighted by Crippen LogP contribution is 2.36. The van der Waals surface area contributed by atoms with E-state index in [1.807, 2.05) is 6.07 Å². The van der Waals surface area contributed by atoms with Crippen molar-refractivity contribution < 1.29 is 0 Å². The van der Waals surface area contributed by atoms with Gasteiger partial charge in [-0.25, -0.2) is 4.98 Å². The summed E-state index contributed by atoms with van der Waals surface area (Å²) in [4.78, 5) is 7.10. The molecule has 0 saturated carbocycles. The number of rotatable bonds is 4. The van der Waals surface area contributed by atoms with Crippen molar-refractivity contribution in [2.24, 2.45) is 0 Å². The Hall–Kier alpha value is -3.68. The maximum Gasteiger partial charge on any atom is 0.101 e. The number of nitrogens with one attached hydrogen (secondary N) is 1. The van der Waals surface area contributed by atoms with Crippen molar-refractivity contribution >= 4 is 28.0 Å². The minimum absolute atomic E-state index is 0.193. The Labute approximate surface area is 176 Å². The lowest BCUT2D eigenvalue weighted by atomic mass is 10.1. The fourth-order valence-electron chi connectivity index (χ4n) is 3.75. The van der Waals surface area contributed by atoms with Gasteiger partial charge in [0, 0.05) is 29.0 Å². The van der Waals surface area contributed by atoms with Gasteiger partial charge in [0.05, 0.1) is 22.8 Å². The third-order valence-corrected chi connectivity index (χ3v) is 5.53. The van der Waals surface area contributed by atoms with Crippen LogP contribution in [0.15, 0.2) is 72.8 Å². The molecule has 3 aromatic carbocycles. The second-order valence-corrected chi connectivity index (χ2v) is 7.88. The predicted molar refractivity (Wildman–Crippen MR) is 121 cm³/mol. The van der Waals surface area contributed by atoms with Gasteiger partial charge in [-0.1, -0.05) is 41.5 Å². The van der Waals surface area contributed by atoms with Crippen LogP contribution in [0, 0.1) is 25.2 Å². The zero-order valence-corrected chi connectivity index (χ0v) is 17.1. The molecule has 1 atom stereocenters. The fraction of sp³-hybridized carbons (Fsp3) is 0.154. The number of hydrogen-bond donors (Lipinski definition) is 1. The molecule has 4 nitrogen and oxygen atoms in total. The van der Waals surface area contributed by atoms with Crippen molar-refractivity contribution in [2.75, 3.05) is 11.4 Å². The average molecular weight is 390 g/mol. The Balaban J connectivity index is 1.67. The van der Waals surface area contributed by atoms with Crippen LogP contribution in [0.25, 0.3) is 10.9 Å². The normalized spacial score (nSPS) is 15.0. The molecular weight excluding hydrogens is 368 g/mol. The van der Waals surface area contributed by atoms with E-state index < -0.39 is 0 Å². The molecule has 5 rings (SSSR count). The number of nitriles is 1. The summed E-state index contributed by atoms with van der Waals surface area (Å²) in [6, 6.07) is 27.8. The van der Waals surface area contributed by atoms with Gasteiger partial charge in [-0.05, 0) is 56.3 Å². The van der Waals surface area contributed by atoms with Crippen LogP contribution in [-0.2, 0) is 0 Å². The van der Waals surface area contributed by atoms with Crippen LogP contribution >= 0.6 is 0 Å². The Morgan fingerprint density at radius 2 is 1.43 bits per heavy atom. The number of aromatic nitrogens is 1. The van der Waals surface area contributed by atoms with Crippen LogP contribution in [0.4, 0.5) is 17.1 Å². The summed E-state index contributed by atoms with van der Waals surface area (Å²) in [6.45, 7) is 5.08. The molecule has 1 fully saturated rings. The summed E-state index contributed by atoms with van der Waals surface area (Å²) in [5.74, 6) is 0. The van der Waals surface area contributed by atoms with E-state index in [1.54, 1.807) is 0 Å². The monoisotopic (exact) mass is 390 g/mol. The zero-order valence-electron chi connectivity index (χ0n) is 17.1. The summed E-state index contributed by atoms with van der Waals surface area (Å²) in [6.07, 6.45) is 0. The molecule has 0 bridgehead atoms. The first-order valence-corrected chi connectivity index (χ1v) is 10.1. The molecule has 146 valence electrons. The number of fused-ring (bicyclic) bond motifs is 1. The molecule has 0 amide bonds. The van der Waals surface area contributed by atoms with E-state index in [9.17, 15) is 5.26 Å². The third-order valence-electron chi connectivity index (χ3n) is 5.53. The Morgan fingerprint density at radius 3 is 1.97 bits per heavy atom. The Kier molecular flexibility index (Phi) is 4.46. The zero-order chi connectivity index (χ0) is 20.7. The molecule has 0 radical (unpaired) electrons. The van der Waals surface area contributed by atoms with Crippen LogP contribution in [0.3, 0.4) is 0 Å². The van der Waals surface area contributed by atoms with E-state index in [4.69, 9.17) is 4.98 Å². The van der Waals surface area contributed by atoms with Crippen molar-refractivity contribution in [3.63, 3.8) is 0 Å². The first-order valence-electron chi connectivity index (χ1n) is 10.1. The smallest absolute Gasteiger partial charge is 0.101 e. The maximum atomic E-state index is 9.51. The molecule has 1 saturated heterocycles. The largest absolute Gasteiger partial charge is 0.310 e. The van der Waals surface area contributed by atoms with Gasteiger partial charge in [-0.15, -0.1) is 0 Å². The molecule has 1 N–H and O–H groups in total. The standard InChI is InChI=1S/C26H22N4/c1-17-3-8-21(9-4-17)30(22-10-5-18(2)6-11-22)23-12-7-19-13-20(15-27)26(25-16-28-25)29-24(19)14-23/h3-14,25,28H,16H2,1-2H3. The molecule has 4 aromatic rings. The fourth-order valence-corrected chi connectivity index (χ4v) is 3.75. The summed E-state index contributed by atoms with van der Waals surface area (Å²) in [7, 11) is 0. The topological polar surface area (TPSA) is 61.9 Å². The molecule has 2 heterocycles. The van der Waals surface area contributed by atoms with E-state index in [0.29, 0.717) is 5.56 Å². The summed E-state index contributed by atoms with van der Waals surface area (Å²) in [5, 5.41) is 13.8. The number of benzene rings is 3. The number of hydrogen-bond acceptors (Lipinski definition) is 4. The molecule has 0 aliphatic carbocycles. The Bertz CT molecular complexity index is 1220. The molecule has 30 heavy (non-hydrogen) atoms. The molecule has 0 spiro atoms. The van der Waals surface area contributed by atoms with Crippen molar-refractivity contribution in [1.82, 2.24) is 10.3 Å². The quantitative estimate of drug-likeness (QED) is 0.445. The maximum absolute atomic E-state index is 9.51. The lowest BCUT2D eigenvalue weighted by Crippen LogP contribution is -2.10. The number of pyridine rings is 1. The lowest BCUT2D eigenvalue weighted by molar-refractivity contribution is 1.00. The van der Waals surface area contributed by atoms with Gasteiger partial charge in [0.25, 0.3) is 0 Å². The highest BCUT2D eigenvalue weighted by atomic mass is 15.1. The SMILES string of the molecule is Cc1ccc(N(c2ccc(C)cc2)c2ccc3cc(C#N)c(C4CN4)nc3c2)cc1. The molecule has 4 heteroatoms. The summed E-state index contributed by atoms with van der Waals surface area (Å²) < 4.78 is 0. The van der Waals surface area contributed by atoms with Gasteiger partial charge in [0.15, 0.2) is 0 Å². The molecular formula is C26H22N4. The minimum atomic E-state index is 0.193. The van der Waals surface area contributed by atoms with Gasteiger partial charge in [-0.3, -0.25) is 0 Å². The molecule has 1 unspecified atom stereocenters. The second-order valence-electron chi connectivity index (χ2n) is 7.88. The van der Waals surface area contributed by atoms with Gasteiger partial charge in [0.1, 0.15) is 6.07 Å². The van der Waals surface area contributed by atoms with Gasteiger partial charge in [-0.2, -0.15) is 5.26 Å². The van der Waals surface area contributed by atoms with Crippen LogP contribution in [0.1, 0.15) is 28.4 Å². The molecule has 1 aliphatic heterocycles. The van der Waals surface area contributed by atoms with Crippen molar-refractivity contribution in [1.29, 1.82) is 5.26 Å². The van der Waals surface area contributed by atoms with Gasteiger partial charge < -0.3 is 10.2 Å². The highest BCUT2D eigenvalue weighted by Gasteiger charge is 2.27. The van der Waals surface area contributed by atoms with Crippen LogP contribution in [0.2, 0.25) is 0 Å². The van der Waals surface area contributed by atoms with Crippen molar-refractivity contribution in [2.45, 2.75) is 19.9 Å². The van der Waals surface area contributed by atoms with E-state index in [2.05, 4.69) is 96.9 Å². The predicted octanol–water partition coefficient (Wildman–Crippen LogP) is 5.84. The van der Waals surface area contributed by atoms with E-state index in [0.717, 1.165) is 40.2 Å². The highest BCUT2D eigenvalue weighted by molar-refractivity contribution is 5.87. The lowest BCUT2D eigenvalue weighted by Gasteiger charge is -2.26. The summed E-state index contributed by atoms with van der Waals surface area (Å²) >= 11 is 0. The van der Waals surface area contributed by atoms with E-state index in [-0.39, 0.29) is 6.04 Å². The van der Waals surface area contributed by atoms with E-state index in [1.165, 1.54) is 11.1 Å². The van der Waals surface area contributed by atoms with Gasteiger partial charge in [0.2, 0.25) is 0 Å². The van der Waals surface area contributed by atoms with Gasteiger partial charge >= 0.3 is 0 Å². The van der Waals surface area contributed by atoms with Crippen LogP contribution in [-0.4, -0.2) is 11.5 Å². The summed E-state index contributed by atoms with van der Waals surface area (Å²) in [5.41, 5.74) is 8.10. The number of aryl methyl sites for hydroxylation is 2. The van der Waals surface area contributed by atoms with Crippen LogP contribution < -0.4 is 10.2 Å². The third kappa shape index (κ3) is 3.41. The average Bonchev–Trinajstić information content (AvgIpc) is 3.61. The van der Waals surface area contributed by atoms with Crippen LogP contribution in [0.5, 0.6) is 0 Å².